The predicted octanol–water partition coefficient (Wildman–Crippen LogP) is 9.07. The van der Waals surface area contributed by atoms with Crippen LogP contribution in [-0.4, -0.2) is 5.49 Å². The Kier molecular flexibility index (Phi) is 10.4. The monoisotopic (exact) mass is 718 g/mol. The van der Waals surface area contributed by atoms with Crippen molar-refractivity contribution >= 4 is 54.6 Å². The fourth-order valence-corrected chi connectivity index (χ4v) is 25.5. The summed E-state index contributed by atoms with van der Waals surface area (Å²) < 4.78 is 0. The number of halogens is 2. The number of hydrogen-bond acceptors (Lipinski definition) is 0. The van der Waals surface area contributed by atoms with Crippen molar-refractivity contribution in [3.05, 3.63) is 144 Å². The summed E-state index contributed by atoms with van der Waals surface area (Å²) in [6.07, 6.45) is 0. The average Bonchev–Trinajstić information content (AvgIpc) is 3.49. The molecule has 0 N–H and O–H groups in total. The van der Waals surface area contributed by atoms with Crippen LogP contribution in [0.1, 0.15) is 22.3 Å². The van der Waals surface area contributed by atoms with Gasteiger partial charge in [-0.15, -0.1) is 69.1 Å². The van der Waals surface area contributed by atoms with Gasteiger partial charge in [-0.1, -0.05) is 37.1 Å². The summed E-state index contributed by atoms with van der Waals surface area (Å²) in [5.74, 6) is 0. The summed E-state index contributed by atoms with van der Waals surface area (Å²) in [5.41, 5.74) is 4.58. The van der Waals surface area contributed by atoms with Crippen molar-refractivity contribution in [3.63, 3.8) is 0 Å². The molecule has 0 spiro atoms. The van der Waals surface area contributed by atoms with Gasteiger partial charge in [0.05, 0.1) is 0 Å². The molecule has 0 atom stereocenters. The SMILES string of the molecule is Cc1cc2c(C)cccc2[cH-]1.Cc1cc2c(C)cccc2[cH-]1.[Cl][Hf]([Cl])=[Si](c1ccccc1)c1ccccc1. The fourth-order valence-electron chi connectivity index (χ4n) is 4.68. The molecule has 0 fully saturated rings. The molecule has 6 aromatic rings. The van der Waals surface area contributed by atoms with Crippen LogP contribution in [0.5, 0.6) is 0 Å². The van der Waals surface area contributed by atoms with Gasteiger partial charge in [-0.2, -0.15) is 12.1 Å². The van der Waals surface area contributed by atoms with E-state index >= 15 is 0 Å². The minimum absolute atomic E-state index is 0.873. The molecule has 6 aromatic carbocycles. The van der Waals surface area contributed by atoms with E-state index in [0.717, 1.165) is 0 Å². The molecule has 0 aliphatic carbocycles. The standard InChI is InChI=1S/C12H10Si.2C11H11.2ClH.Hf/c1-3-7-11(8-4-1)13-12-9-5-2-6-10-12;2*1-8-6-10-5-3-4-9(2)11(10)7-8;;;/h1-10H;2*3-7H,1-2H3;2*1H;/q;2*-1;;;+2/p-2. The molecule has 192 valence electrons. The topological polar surface area (TPSA) is 0 Å². The van der Waals surface area contributed by atoms with Gasteiger partial charge in [-0.05, 0) is 13.8 Å². The molecule has 38 heavy (non-hydrogen) atoms. The minimum atomic E-state index is -2.41. The molecule has 4 heteroatoms. The van der Waals surface area contributed by atoms with Gasteiger partial charge in [0.2, 0.25) is 0 Å². The third kappa shape index (κ3) is 7.45. The van der Waals surface area contributed by atoms with Crippen molar-refractivity contribution in [2.45, 2.75) is 27.7 Å². The van der Waals surface area contributed by atoms with E-state index in [4.69, 9.17) is 17.2 Å². The molecule has 0 aliphatic rings. The van der Waals surface area contributed by atoms with E-state index in [0.29, 0.717) is 0 Å². The van der Waals surface area contributed by atoms with Crippen LogP contribution in [0.25, 0.3) is 21.5 Å². The van der Waals surface area contributed by atoms with Crippen LogP contribution in [0.2, 0.25) is 0 Å². The zero-order valence-electron chi connectivity index (χ0n) is 22.3. The van der Waals surface area contributed by atoms with Crippen molar-refractivity contribution in [1.82, 2.24) is 0 Å². The van der Waals surface area contributed by atoms with Crippen LogP contribution >= 0.6 is 17.2 Å². The Bertz CT molecular complexity index is 1540. The Hall–Kier alpha value is -2.23. The summed E-state index contributed by atoms with van der Waals surface area (Å²) in [6, 6.07) is 42.7. The van der Waals surface area contributed by atoms with Crippen molar-refractivity contribution < 1.29 is 17.7 Å². The Morgan fingerprint density at radius 2 is 0.921 bits per heavy atom. The van der Waals surface area contributed by atoms with E-state index in [-0.39, 0.29) is 0 Å². The molecule has 6 rings (SSSR count). The quantitative estimate of drug-likeness (QED) is 0.124. The second-order valence-corrected chi connectivity index (χ2v) is 35.8. The van der Waals surface area contributed by atoms with E-state index in [1.165, 1.54) is 54.2 Å². The van der Waals surface area contributed by atoms with Crippen molar-refractivity contribution in [2.24, 2.45) is 0 Å². The number of benzene rings is 4. The average molecular weight is 718 g/mol. The second kappa shape index (κ2) is 13.7. The van der Waals surface area contributed by atoms with Gasteiger partial charge in [0, 0.05) is 0 Å². The Labute approximate surface area is 241 Å². The molecule has 0 aliphatic heterocycles. The molecular formula is C34H32Cl2HfSi-2. The van der Waals surface area contributed by atoms with E-state index < -0.39 is 23.2 Å². The molecule has 0 nitrogen and oxygen atoms in total. The zero-order valence-corrected chi connectivity index (χ0v) is 28.4. The molecule has 0 saturated carbocycles. The molecule has 0 amide bonds. The fraction of sp³-hybridized carbons (Fsp3) is 0.118. The van der Waals surface area contributed by atoms with Crippen LogP contribution in [0.3, 0.4) is 0 Å². The molecule has 0 heterocycles. The summed E-state index contributed by atoms with van der Waals surface area (Å²) in [6.45, 7) is 8.59. The Morgan fingerprint density at radius 3 is 1.26 bits per heavy atom. The maximum absolute atomic E-state index is 6.34. The first-order chi connectivity index (χ1) is 18.3. The van der Waals surface area contributed by atoms with E-state index in [2.05, 4.69) is 137 Å². The first-order valence-electron chi connectivity index (χ1n) is 12.7. The van der Waals surface area contributed by atoms with E-state index in [9.17, 15) is 0 Å². The van der Waals surface area contributed by atoms with Crippen LogP contribution in [0.15, 0.2) is 121 Å². The van der Waals surface area contributed by atoms with Gasteiger partial charge in [-0.3, -0.25) is 0 Å². The van der Waals surface area contributed by atoms with Crippen molar-refractivity contribution in [2.75, 3.05) is 0 Å². The third-order valence-corrected chi connectivity index (χ3v) is 28.3. The van der Waals surface area contributed by atoms with Gasteiger partial charge in [0.15, 0.2) is 0 Å². The summed E-state index contributed by atoms with van der Waals surface area (Å²) in [4.78, 5) is 0. The number of fused-ring (bicyclic) bond motifs is 2. The van der Waals surface area contributed by atoms with Crippen LogP contribution in [0, 0.1) is 27.7 Å². The third-order valence-electron chi connectivity index (χ3n) is 6.54. The zero-order chi connectivity index (χ0) is 27.1. The van der Waals surface area contributed by atoms with Crippen LogP contribution < -0.4 is 10.4 Å². The molecular weight excluding hydrogens is 686 g/mol. The van der Waals surface area contributed by atoms with E-state index in [1.54, 1.807) is 0 Å². The number of aryl methyl sites for hydroxylation is 4. The maximum atomic E-state index is 6.34. The number of rotatable bonds is 2. The van der Waals surface area contributed by atoms with Gasteiger partial charge in [0.1, 0.15) is 0 Å². The van der Waals surface area contributed by atoms with Crippen molar-refractivity contribution in [1.29, 1.82) is 0 Å². The van der Waals surface area contributed by atoms with Gasteiger partial charge in [-0.25, -0.2) is 0 Å². The normalized spacial score (nSPS) is 10.4. The van der Waals surface area contributed by atoms with Gasteiger partial charge >= 0.3 is 111 Å². The summed E-state index contributed by atoms with van der Waals surface area (Å²) in [7, 11) is 12.7. The Morgan fingerprint density at radius 1 is 0.526 bits per heavy atom. The van der Waals surface area contributed by atoms with Crippen LogP contribution in [0.4, 0.5) is 0 Å². The predicted molar refractivity (Wildman–Crippen MR) is 168 cm³/mol. The first-order valence-corrected chi connectivity index (χ1v) is 28.5. The Balaban J connectivity index is 0.000000136. The molecule has 0 unspecified atom stereocenters. The first kappa shape index (κ1) is 28.8. The van der Waals surface area contributed by atoms with Crippen LogP contribution in [-0.2, 0) is 17.7 Å². The molecule has 0 saturated heterocycles. The van der Waals surface area contributed by atoms with Gasteiger partial charge < -0.3 is 0 Å². The second-order valence-electron chi connectivity index (χ2n) is 9.59. The summed E-state index contributed by atoms with van der Waals surface area (Å²) in [5, 5.41) is 8.19. The molecule has 0 aromatic heterocycles. The van der Waals surface area contributed by atoms with E-state index in [1.807, 2.05) is 12.1 Å². The van der Waals surface area contributed by atoms with Gasteiger partial charge in [0.25, 0.3) is 0 Å². The van der Waals surface area contributed by atoms with Crippen molar-refractivity contribution in [3.8, 4) is 0 Å². The summed E-state index contributed by atoms with van der Waals surface area (Å²) >= 11 is -2.41. The molecule has 0 radical (unpaired) electrons. The number of hydrogen-bond donors (Lipinski definition) is 0. The molecule has 0 bridgehead atoms.